The molecule has 4 nitrogen and oxygen atoms in total. The van der Waals surface area contributed by atoms with Gasteiger partial charge in [0.05, 0.1) is 29.5 Å². The summed E-state index contributed by atoms with van der Waals surface area (Å²) in [7, 11) is -0.343. The molecule has 0 radical (unpaired) electrons. The molecule has 0 aliphatic carbocycles. The Morgan fingerprint density at radius 2 is 1.62 bits per heavy atom. The normalized spacial score (nSPS) is 18.6. The molecule has 0 saturated carbocycles. The van der Waals surface area contributed by atoms with E-state index >= 15 is 0 Å². The summed E-state index contributed by atoms with van der Waals surface area (Å²) in [6.07, 6.45) is 1.91. The second kappa shape index (κ2) is 5.97. The number of nitrogens with zero attached hydrogens (tertiary/aromatic N) is 2. The fraction of sp³-hybridized carbons (Fsp3) is 0.381. The minimum absolute atomic E-state index is 0.331. The van der Waals surface area contributed by atoms with Crippen molar-refractivity contribution in [1.82, 2.24) is 9.78 Å². The third-order valence-corrected chi connectivity index (χ3v) is 5.64. The molecule has 3 aromatic rings. The second-order valence-electron chi connectivity index (χ2n) is 8.19. The van der Waals surface area contributed by atoms with Crippen LogP contribution < -0.4 is 5.46 Å². The lowest BCUT2D eigenvalue weighted by molar-refractivity contribution is 0.00578. The van der Waals surface area contributed by atoms with E-state index in [1.54, 1.807) is 0 Å². The molecule has 0 unspecified atom stereocenters. The molecule has 0 atom stereocenters. The zero-order valence-corrected chi connectivity index (χ0v) is 16.1. The lowest BCUT2D eigenvalue weighted by atomic mass is 9.79. The highest BCUT2D eigenvalue weighted by molar-refractivity contribution is 6.62. The highest BCUT2D eigenvalue weighted by atomic mass is 16.7. The predicted octanol–water partition coefficient (Wildman–Crippen LogP) is 3.69. The quantitative estimate of drug-likeness (QED) is 0.678. The van der Waals surface area contributed by atoms with Gasteiger partial charge in [-0.1, -0.05) is 42.0 Å². The monoisotopic (exact) mass is 348 g/mol. The third-order valence-electron chi connectivity index (χ3n) is 5.64. The molecular weight excluding hydrogens is 323 g/mol. The molecule has 0 spiro atoms. The molecule has 2 aromatic carbocycles. The predicted molar refractivity (Wildman–Crippen MR) is 106 cm³/mol. The van der Waals surface area contributed by atoms with Crippen molar-refractivity contribution in [2.75, 3.05) is 0 Å². The summed E-state index contributed by atoms with van der Waals surface area (Å²) in [5.41, 5.74) is 4.00. The first-order valence-electron chi connectivity index (χ1n) is 9.12. The molecule has 1 saturated heterocycles. The van der Waals surface area contributed by atoms with Gasteiger partial charge in [-0.3, -0.25) is 4.68 Å². The van der Waals surface area contributed by atoms with E-state index in [2.05, 4.69) is 82.2 Å². The van der Waals surface area contributed by atoms with Gasteiger partial charge in [0.2, 0.25) is 0 Å². The molecule has 134 valence electrons. The van der Waals surface area contributed by atoms with E-state index in [9.17, 15) is 0 Å². The van der Waals surface area contributed by atoms with Gasteiger partial charge in [0.25, 0.3) is 0 Å². The van der Waals surface area contributed by atoms with Crippen LogP contribution in [0.15, 0.2) is 48.7 Å². The Balaban J connectivity index is 1.61. The van der Waals surface area contributed by atoms with Gasteiger partial charge in [0, 0.05) is 5.39 Å². The van der Waals surface area contributed by atoms with E-state index in [1.165, 1.54) is 11.1 Å². The summed E-state index contributed by atoms with van der Waals surface area (Å²) in [5, 5.41) is 5.67. The van der Waals surface area contributed by atoms with Crippen molar-refractivity contribution in [2.24, 2.45) is 0 Å². The highest BCUT2D eigenvalue weighted by Crippen LogP contribution is 2.36. The molecule has 4 rings (SSSR count). The largest absolute Gasteiger partial charge is 0.494 e. The zero-order chi connectivity index (χ0) is 18.5. The molecule has 5 heteroatoms. The van der Waals surface area contributed by atoms with Crippen molar-refractivity contribution in [1.29, 1.82) is 0 Å². The van der Waals surface area contributed by atoms with Crippen molar-refractivity contribution in [3.63, 3.8) is 0 Å². The molecular formula is C21H25BN2O2. The van der Waals surface area contributed by atoms with Crippen molar-refractivity contribution >= 4 is 23.5 Å². The van der Waals surface area contributed by atoms with Gasteiger partial charge in [0.1, 0.15) is 0 Å². The van der Waals surface area contributed by atoms with E-state index in [0.717, 1.165) is 22.9 Å². The van der Waals surface area contributed by atoms with Gasteiger partial charge in [-0.25, -0.2) is 0 Å². The molecule has 2 heterocycles. The summed E-state index contributed by atoms with van der Waals surface area (Å²) in [6, 6.07) is 14.9. The minimum atomic E-state index is -0.343. The molecule has 0 N–H and O–H groups in total. The maximum absolute atomic E-state index is 6.16. The van der Waals surface area contributed by atoms with Crippen LogP contribution >= 0.6 is 0 Å². The Morgan fingerprint density at radius 3 is 2.27 bits per heavy atom. The smallest absolute Gasteiger partial charge is 0.399 e. The fourth-order valence-electron chi connectivity index (χ4n) is 3.22. The van der Waals surface area contributed by atoms with E-state index in [-0.39, 0.29) is 18.3 Å². The first kappa shape index (κ1) is 17.3. The van der Waals surface area contributed by atoms with Crippen LogP contribution in [0, 0.1) is 6.92 Å². The molecule has 26 heavy (non-hydrogen) atoms. The van der Waals surface area contributed by atoms with Gasteiger partial charge in [0.15, 0.2) is 0 Å². The van der Waals surface area contributed by atoms with E-state index < -0.39 is 0 Å². The van der Waals surface area contributed by atoms with Gasteiger partial charge in [-0.2, -0.15) is 5.10 Å². The highest BCUT2D eigenvalue weighted by Gasteiger charge is 2.51. The molecule has 1 aromatic heterocycles. The lowest BCUT2D eigenvalue weighted by Gasteiger charge is -2.32. The third kappa shape index (κ3) is 2.95. The van der Waals surface area contributed by atoms with Crippen molar-refractivity contribution in [3.8, 4) is 0 Å². The summed E-state index contributed by atoms with van der Waals surface area (Å²) in [4.78, 5) is 0. The maximum atomic E-state index is 6.16. The number of hydrogen-bond acceptors (Lipinski definition) is 3. The Hall–Kier alpha value is -2.11. The average Bonchev–Trinajstić information content (AvgIpc) is 3.07. The second-order valence-corrected chi connectivity index (χ2v) is 8.19. The molecule has 0 amide bonds. The number of rotatable bonds is 3. The first-order valence-corrected chi connectivity index (χ1v) is 9.12. The molecule has 1 aliphatic rings. The summed E-state index contributed by atoms with van der Waals surface area (Å²) in [6.45, 7) is 11.2. The van der Waals surface area contributed by atoms with Crippen LogP contribution in [0.2, 0.25) is 0 Å². The number of aromatic nitrogens is 2. The minimum Gasteiger partial charge on any atom is -0.399 e. The van der Waals surface area contributed by atoms with Crippen LogP contribution in [0.4, 0.5) is 0 Å². The average molecular weight is 348 g/mol. The van der Waals surface area contributed by atoms with E-state index in [1.807, 2.05) is 10.9 Å². The van der Waals surface area contributed by atoms with Gasteiger partial charge >= 0.3 is 7.12 Å². The van der Waals surface area contributed by atoms with Gasteiger partial charge in [-0.05, 0) is 51.7 Å². The van der Waals surface area contributed by atoms with Crippen LogP contribution in [0.25, 0.3) is 10.9 Å². The Labute approximate surface area is 155 Å². The Kier molecular flexibility index (Phi) is 3.97. The van der Waals surface area contributed by atoms with Crippen LogP contribution in [-0.4, -0.2) is 28.1 Å². The van der Waals surface area contributed by atoms with Crippen molar-refractivity contribution in [2.45, 2.75) is 52.4 Å². The Morgan fingerprint density at radius 1 is 0.962 bits per heavy atom. The SMILES string of the molecule is Cc1ccc(Cn2ncc3cc(B4OC(C)(C)C(C)(C)O4)ccc32)cc1. The topological polar surface area (TPSA) is 36.3 Å². The standard InChI is InChI=1S/C21H25BN2O2/c1-15-6-8-16(9-7-15)14-24-19-11-10-18(12-17(19)13-23-24)22-25-20(2,3)21(4,5)26-22/h6-13H,14H2,1-5H3. The number of aryl methyl sites for hydroxylation is 1. The van der Waals surface area contributed by atoms with Crippen molar-refractivity contribution < 1.29 is 9.31 Å². The maximum Gasteiger partial charge on any atom is 0.494 e. The fourth-order valence-corrected chi connectivity index (χ4v) is 3.22. The summed E-state index contributed by atoms with van der Waals surface area (Å²) >= 11 is 0. The zero-order valence-electron chi connectivity index (χ0n) is 16.1. The number of fused-ring (bicyclic) bond motifs is 1. The van der Waals surface area contributed by atoms with Crippen LogP contribution in [0.5, 0.6) is 0 Å². The number of benzene rings is 2. The van der Waals surface area contributed by atoms with E-state index in [4.69, 9.17) is 9.31 Å². The molecule has 1 fully saturated rings. The summed E-state index contributed by atoms with van der Waals surface area (Å²) in [5.74, 6) is 0. The van der Waals surface area contributed by atoms with Crippen LogP contribution in [-0.2, 0) is 15.9 Å². The Bertz CT molecular complexity index is 928. The van der Waals surface area contributed by atoms with E-state index in [0.29, 0.717) is 0 Å². The molecule has 1 aliphatic heterocycles. The van der Waals surface area contributed by atoms with Crippen LogP contribution in [0.3, 0.4) is 0 Å². The van der Waals surface area contributed by atoms with Gasteiger partial charge in [-0.15, -0.1) is 0 Å². The van der Waals surface area contributed by atoms with Crippen LogP contribution in [0.1, 0.15) is 38.8 Å². The number of hydrogen-bond donors (Lipinski definition) is 0. The molecule has 0 bridgehead atoms. The first-order chi connectivity index (χ1) is 12.2. The lowest BCUT2D eigenvalue weighted by Crippen LogP contribution is -2.41. The van der Waals surface area contributed by atoms with Crippen molar-refractivity contribution in [3.05, 3.63) is 59.8 Å². The van der Waals surface area contributed by atoms with Gasteiger partial charge < -0.3 is 9.31 Å². The summed E-state index contributed by atoms with van der Waals surface area (Å²) < 4.78 is 14.4.